The third-order valence-electron chi connectivity index (χ3n) is 5.35. The van der Waals surface area contributed by atoms with E-state index in [0.29, 0.717) is 48.7 Å². The summed E-state index contributed by atoms with van der Waals surface area (Å²) in [5.74, 6) is -0.679. The summed E-state index contributed by atoms with van der Waals surface area (Å²) in [6.45, 7) is 6.04. The van der Waals surface area contributed by atoms with Gasteiger partial charge in [-0.2, -0.15) is 0 Å². The number of amides is 4. The van der Waals surface area contributed by atoms with Gasteiger partial charge in [0.1, 0.15) is 0 Å². The summed E-state index contributed by atoms with van der Waals surface area (Å²) in [6, 6.07) is 8.35. The molecule has 4 rings (SSSR count). The molecule has 1 aromatic carbocycles. The highest BCUT2D eigenvalue weighted by molar-refractivity contribution is 7.12. The van der Waals surface area contributed by atoms with Crippen LogP contribution in [0.15, 0.2) is 35.7 Å². The Hall–Kier alpha value is -3.00. The van der Waals surface area contributed by atoms with E-state index in [1.807, 2.05) is 25.3 Å². The Morgan fingerprint density at radius 1 is 0.933 bits per heavy atom. The fourth-order valence-corrected chi connectivity index (χ4v) is 4.50. The first-order valence-electron chi connectivity index (χ1n) is 9.99. The molecule has 0 spiro atoms. The SMILES string of the molecule is CC(C)CN1C(=O)c2ccc(C(=O)N3CCN(C(=O)c4cccs4)CC3)cc2C1=O. The van der Waals surface area contributed by atoms with E-state index in [0.717, 1.165) is 0 Å². The fraction of sp³-hybridized carbons (Fsp3) is 0.364. The van der Waals surface area contributed by atoms with E-state index in [4.69, 9.17) is 0 Å². The molecule has 30 heavy (non-hydrogen) atoms. The Balaban J connectivity index is 1.45. The number of nitrogens with zero attached hydrogens (tertiary/aromatic N) is 3. The molecule has 1 aromatic heterocycles. The van der Waals surface area contributed by atoms with Crippen LogP contribution < -0.4 is 0 Å². The maximum Gasteiger partial charge on any atom is 0.264 e. The van der Waals surface area contributed by atoms with Gasteiger partial charge in [0.25, 0.3) is 23.6 Å². The van der Waals surface area contributed by atoms with E-state index in [9.17, 15) is 19.2 Å². The fourth-order valence-electron chi connectivity index (χ4n) is 3.81. The van der Waals surface area contributed by atoms with Gasteiger partial charge in [0.05, 0.1) is 16.0 Å². The summed E-state index contributed by atoms with van der Waals surface area (Å²) in [4.78, 5) is 56.0. The molecule has 0 N–H and O–H groups in total. The molecule has 1 fully saturated rings. The lowest BCUT2D eigenvalue weighted by Gasteiger charge is -2.34. The zero-order valence-electron chi connectivity index (χ0n) is 17.0. The summed E-state index contributed by atoms with van der Waals surface area (Å²) in [5, 5.41) is 1.87. The van der Waals surface area contributed by atoms with Crippen LogP contribution in [0.5, 0.6) is 0 Å². The monoisotopic (exact) mass is 425 g/mol. The molecule has 7 nitrogen and oxygen atoms in total. The first kappa shape index (κ1) is 20.3. The van der Waals surface area contributed by atoms with Gasteiger partial charge in [0, 0.05) is 38.3 Å². The molecule has 1 saturated heterocycles. The third kappa shape index (κ3) is 3.63. The number of hydrogen-bond acceptors (Lipinski definition) is 5. The van der Waals surface area contributed by atoms with Crippen LogP contribution in [0.4, 0.5) is 0 Å². The van der Waals surface area contributed by atoms with Crippen molar-refractivity contribution in [1.82, 2.24) is 14.7 Å². The van der Waals surface area contributed by atoms with Crippen LogP contribution in [0.2, 0.25) is 0 Å². The Morgan fingerprint density at radius 3 is 2.17 bits per heavy atom. The van der Waals surface area contributed by atoms with E-state index in [1.54, 1.807) is 28.0 Å². The Kier molecular flexibility index (Phi) is 5.42. The minimum atomic E-state index is -0.343. The van der Waals surface area contributed by atoms with Crippen molar-refractivity contribution < 1.29 is 19.2 Å². The van der Waals surface area contributed by atoms with Gasteiger partial charge in [0.2, 0.25) is 0 Å². The summed E-state index contributed by atoms with van der Waals surface area (Å²) in [7, 11) is 0. The predicted octanol–water partition coefficient (Wildman–Crippen LogP) is 2.60. The number of carbonyl (C=O) groups is 4. The normalized spacial score (nSPS) is 16.4. The van der Waals surface area contributed by atoms with Gasteiger partial charge in [-0.15, -0.1) is 11.3 Å². The molecule has 156 valence electrons. The first-order chi connectivity index (χ1) is 14.4. The molecule has 0 atom stereocenters. The van der Waals surface area contributed by atoms with Crippen molar-refractivity contribution in [3.63, 3.8) is 0 Å². The highest BCUT2D eigenvalue weighted by Gasteiger charge is 2.36. The lowest BCUT2D eigenvalue weighted by atomic mass is 10.0. The second kappa shape index (κ2) is 8.02. The van der Waals surface area contributed by atoms with Crippen LogP contribution in [-0.2, 0) is 0 Å². The molecule has 8 heteroatoms. The minimum absolute atomic E-state index is 0.0102. The molecule has 0 saturated carbocycles. The summed E-state index contributed by atoms with van der Waals surface area (Å²) in [5.41, 5.74) is 1.03. The van der Waals surface area contributed by atoms with E-state index in [2.05, 4.69) is 0 Å². The molecule has 0 bridgehead atoms. The molecular formula is C22H23N3O4S. The maximum absolute atomic E-state index is 13.0. The van der Waals surface area contributed by atoms with Crippen molar-refractivity contribution in [1.29, 1.82) is 0 Å². The van der Waals surface area contributed by atoms with Crippen LogP contribution in [-0.4, -0.2) is 71.1 Å². The molecule has 2 aliphatic heterocycles. The number of thiophene rings is 1. The molecule has 0 aliphatic carbocycles. The van der Waals surface area contributed by atoms with Crippen LogP contribution in [0.25, 0.3) is 0 Å². The van der Waals surface area contributed by atoms with Gasteiger partial charge in [-0.25, -0.2) is 0 Å². The standard InChI is InChI=1S/C22H23N3O4S/c1-14(2)13-25-20(27)16-6-5-15(12-17(16)21(25)28)19(26)23-7-9-24(10-8-23)22(29)18-4-3-11-30-18/h3-6,11-12,14H,7-10,13H2,1-2H3. The molecular weight excluding hydrogens is 402 g/mol. The second-order valence-corrected chi connectivity index (χ2v) is 8.88. The smallest absolute Gasteiger partial charge is 0.264 e. The largest absolute Gasteiger partial charge is 0.335 e. The molecule has 0 radical (unpaired) electrons. The second-order valence-electron chi connectivity index (χ2n) is 7.94. The van der Waals surface area contributed by atoms with Gasteiger partial charge in [-0.1, -0.05) is 19.9 Å². The van der Waals surface area contributed by atoms with Crippen molar-refractivity contribution in [2.24, 2.45) is 5.92 Å². The highest BCUT2D eigenvalue weighted by Crippen LogP contribution is 2.25. The van der Waals surface area contributed by atoms with Crippen molar-refractivity contribution in [3.8, 4) is 0 Å². The predicted molar refractivity (Wildman–Crippen MR) is 113 cm³/mol. The van der Waals surface area contributed by atoms with Crippen LogP contribution in [0, 0.1) is 5.92 Å². The Morgan fingerprint density at radius 2 is 1.57 bits per heavy atom. The van der Waals surface area contributed by atoms with Gasteiger partial charge in [-0.05, 0) is 35.6 Å². The van der Waals surface area contributed by atoms with Crippen molar-refractivity contribution in [2.45, 2.75) is 13.8 Å². The molecule has 2 aromatic rings. The molecule has 0 unspecified atom stereocenters. The van der Waals surface area contributed by atoms with E-state index < -0.39 is 0 Å². The topological polar surface area (TPSA) is 78.0 Å². The van der Waals surface area contributed by atoms with Crippen LogP contribution in [0.1, 0.15) is 54.6 Å². The van der Waals surface area contributed by atoms with Gasteiger partial charge in [0.15, 0.2) is 0 Å². The Bertz CT molecular complexity index is 1010. The third-order valence-corrected chi connectivity index (χ3v) is 6.21. The van der Waals surface area contributed by atoms with Gasteiger partial charge in [-0.3, -0.25) is 24.1 Å². The number of piperazine rings is 1. The lowest BCUT2D eigenvalue weighted by molar-refractivity contribution is 0.0538. The van der Waals surface area contributed by atoms with Gasteiger partial charge < -0.3 is 9.80 Å². The number of benzene rings is 1. The zero-order chi connectivity index (χ0) is 21.4. The van der Waals surface area contributed by atoms with E-state index >= 15 is 0 Å². The molecule has 3 heterocycles. The minimum Gasteiger partial charge on any atom is -0.335 e. The van der Waals surface area contributed by atoms with Crippen molar-refractivity contribution in [2.75, 3.05) is 32.7 Å². The van der Waals surface area contributed by atoms with Crippen LogP contribution >= 0.6 is 11.3 Å². The number of carbonyl (C=O) groups excluding carboxylic acids is 4. The number of fused-ring (bicyclic) bond motifs is 1. The maximum atomic E-state index is 13.0. The number of imide groups is 1. The van der Waals surface area contributed by atoms with Crippen molar-refractivity contribution in [3.05, 3.63) is 57.3 Å². The Labute approximate surface area is 178 Å². The first-order valence-corrected chi connectivity index (χ1v) is 10.9. The molecule has 4 amide bonds. The van der Waals surface area contributed by atoms with Crippen LogP contribution in [0.3, 0.4) is 0 Å². The average molecular weight is 426 g/mol. The molecule has 2 aliphatic rings. The summed E-state index contributed by atoms with van der Waals surface area (Å²) in [6.07, 6.45) is 0. The highest BCUT2D eigenvalue weighted by atomic mass is 32.1. The quantitative estimate of drug-likeness (QED) is 0.706. The van der Waals surface area contributed by atoms with E-state index in [-0.39, 0.29) is 35.1 Å². The summed E-state index contributed by atoms with van der Waals surface area (Å²) < 4.78 is 0. The average Bonchev–Trinajstić information content (AvgIpc) is 3.36. The summed E-state index contributed by atoms with van der Waals surface area (Å²) >= 11 is 1.41. The number of rotatable bonds is 4. The van der Waals surface area contributed by atoms with E-state index in [1.165, 1.54) is 22.3 Å². The zero-order valence-corrected chi connectivity index (χ0v) is 17.8. The lowest BCUT2D eigenvalue weighted by Crippen LogP contribution is -2.50. The number of hydrogen-bond donors (Lipinski definition) is 0. The van der Waals surface area contributed by atoms with Crippen molar-refractivity contribution >= 4 is 35.0 Å². The van der Waals surface area contributed by atoms with Gasteiger partial charge >= 0.3 is 0 Å².